The molecule has 126 valence electrons. The summed E-state index contributed by atoms with van der Waals surface area (Å²) in [5, 5.41) is 5.32. The van der Waals surface area contributed by atoms with Crippen molar-refractivity contribution in [2.75, 3.05) is 23.5 Å². The molecule has 0 spiro atoms. The van der Waals surface area contributed by atoms with Gasteiger partial charge in [0.15, 0.2) is 0 Å². The number of amides is 2. The van der Waals surface area contributed by atoms with Crippen molar-refractivity contribution in [1.29, 1.82) is 0 Å². The largest absolute Gasteiger partial charge is 0.495 e. The summed E-state index contributed by atoms with van der Waals surface area (Å²) in [5.74, 6) is -0.168. The van der Waals surface area contributed by atoms with E-state index < -0.39 is 0 Å². The van der Waals surface area contributed by atoms with Crippen LogP contribution in [0.25, 0.3) is 0 Å². The van der Waals surface area contributed by atoms with Gasteiger partial charge < -0.3 is 21.1 Å². The third kappa shape index (κ3) is 4.50. The van der Waals surface area contributed by atoms with E-state index in [1.165, 1.54) is 13.2 Å². The van der Waals surface area contributed by atoms with Crippen LogP contribution in [0.15, 0.2) is 55.1 Å². The maximum Gasteiger partial charge on any atom is 0.257 e. The number of hydrogen-bond acceptors (Lipinski definition) is 4. The van der Waals surface area contributed by atoms with Gasteiger partial charge in [-0.05, 0) is 36.4 Å². The van der Waals surface area contributed by atoms with Crippen LogP contribution < -0.4 is 21.1 Å². The first-order valence-corrected chi connectivity index (χ1v) is 6.82. The van der Waals surface area contributed by atoms with E-state index in [0.29, 0.717) is 22.7 Å². The molecule has 2 amide bonds. The quantitative estimate of drug-likeness (QED) is 0.572. The number of nitrogens with two attached hydrogens (primary N) is 1. The van der Waals surface area contributed by atoms with Gasteiger partial charge in [-0.1, -0.05) is 18.7 Å². The van der Waals surface area contributed by atoms with Gasteiger partial charge in [0, 0.05) is 11.4 Å². The van der Waals surface area contributed by atoms with Crippen LogP contribution in [0, 0.1) is 0 Å². The van der Waals surface area contributed by atoms with Gasteiger partial charge in [-0.15, -0.1) is 12.4 Å². The minimum absolute atomic E-state index is 0. The zero-order valence-electron chi connectivity index (χ0n) is 13.0. The molecule has 0 aliphatic carbocycles. The summed E-state index contributed by atoms with van der Waals surface area (Å²) in [6.07, 6.45) is 1.15. The summed E-state index contributed by atoms with van der Waals surface area (Å²) in [4.78, 5) is 23.6. The second kappa shape index (κ2) is 8.59. The lowest BCUT2D eigenvalue weighted by atomic mass is 10.1. The summed E-state index contributed by atoms with van der Waals surface area (Å²) in [5.41, 5.74) is 7.47. The SMILES string of the molecule is C=CC(=O)Nc1ccc(C(=O)Nc2ccccc2OC)c(N)c1.Cl. The van der Waals surface area contributed by atoms with Crippen LogP contribution in [0.1, 0.15) is 10.4 Å². The molecule has 0 unspecified atom stereocenters. The van der Waals surface area contributed by atoms with Crippen LogP contribution in [0.3, 0.4) is 0 Å². The average Bonchev–Trinajstić information content (AvgIpc) is 2.55. The van der Waals surface area contributed by atoms with Gasteiger partial charge in [0.25, 0.3) is 5.91 Å². The average molecular weight is 348 g/mol. The van der Waals surface area contributed by atoms with E-state index in [2.05, 4.69) is 17.2 Å². The second-order valence-corrected chi connectivity index (χ2v) is 4.65. The van der Waals surface area contributed by atoms with Crippen molar-refractivity contribution < 1.29 is 14.3 Å². The number of benzene rings is 2. The van der Waals surface area contributed by atoms with Crippen molar-refractivity contribution >= 4 is 41.3 Å². The Morgan fingerprint density at radius 1 is 1.17 bits per heavy atom. The highest BCUT2D eigenvalue weighted by Gasteiger charge is 2.13. The maximum absolute atomic E-state index is 12.3. The molecule has 24 heavy (non-hydrogen) atoms. The molecule has 0 aliphatic rings. The van der Waals surface area contributed by atoms with Gasteiger partial charge in [-0.25, -0.2) is 0 Å². The van der Waals surface area contributed by atoms with Crippen molar-refractivity contribution in [3.8, 4) is 5.75 Å². The number of anilines is 3. The molecule has 2 rings (SSSR count). The van der Waals surface area contributed by atoms with Crippen LogP contribution in [0.5, 0.6) is 5.75 Å². The third-order valence-corrected chi connectivity index (χ3v) is 3.10. The number of nitrogens with one attached hydrogen (secondary N) is 2. The Labute approximate surface area is 146 Å². The normalized spacial score (nSPS) is 9.38. The van der Waals surface area contributed by atoms with E-state index in [0.717, 1.165) is 6.08 Å². The summed E-state index contributed by atoms with van der Waals surface area (Å²) < 4.78 is 5.18. The molecule has 4 N–H and O–H groups in total. The molecule has 0 saturated carbocycles. The predicted molar refractivity (Wildman–Crippen MR) is 97.9 cm³/mol. The number of hydrogen-bond donors (Lipinski definition) is 3. The molecule has 2 aromatic rings. The van der Waals surface area contributed by atoms with E-state index >= 15 is 0 Å². The molecular weight excluding hydrogens is 330 g/mol. The zero-order valence-corrected chi connectivity index (χ0v) is 13.9. The van der Waals surface area contributed by atoms with Gasteiger partial charge in [0.2, 0.25) is 5.91 Å². The third-order valence-electron chi connectivity index (χ3n) is 3.10. The number of carbonyl (C=O) groups is 2. The summed E-state index contributed by atoms with van der Waals surface area (Å²) in [6, 6.07) is 11.7. The molecule has 0 atom stereocenters. The van der Waals surface area contributed by atoms with E-state index in [1.807, 2.05) is 0 Å². The molecule has 0 aromatic heterocycles. The van der Waals surface area contributed by atoms with Crippen molar-refractivity contribution in [2.45, 2.75) is 0 Å². The molecule has 0 saturated heterocycles. The number of para-hydroxylation sites is 2. The van der Waals surface area contributed by atoms with Gasteiger partial charge in [0.05, 0.1) is 18.4 Å². The number of methoxy groups -OCH3 is 1. The topological polar surface area (TPSA) is 93.5 Å². The van der Waals surface area contributed by atoms with Gasteiger partial charge in [-0.2, -0.15) is 0 Å². The molecule has 0 bridgehead atoms. The highest BCUT2D eigenvalue weighted by molar-refractivity contribution is 6.09. The fraction of sp³-hybridized carbons (Fsp3) is 0.0588. The molecular formula is C17H18ClN3O3. The molecule has 7 heteroatoms. The first-order valence-electron chi connectivity index (χ1n) is 6.82. The van der Waals surface area contributed by atoms with Gasteiger partial charge in [-0.3, -0.25) is 9.59 Å². The van der Waals surface area contributed by atoms with E-state index in [4.69, 9.17) is 10.5 Å². The standard InChI is InChI=1S/C17H17N3O3.ClH/c1-3-16(21)19-11-8-9-12(13(18)10-11)17(22)20-14-6-4-5-7-15(14)23-2;/h3-10H,1,18H2,2H3,(H,19,21)(H,20,22);1H. The number of rotatable bonds is 5. The fourth-order valence-corrected chi connectivity index (χ4v) is 1.98. The summed E-state index contributed by atoms with van der Waals surface area (Å²) in [7, 11) is 1.52. The fourth-order valence-electron chi connectivity index (χ4n) is 1.98. The Hall–Kier alpha value is -2.99. The Balaban J connectivity index is 0.00000288. The first kappa shape index (κ1) is 19.1. The monoisotopic (exact) mass is 347 g/mol. The lowest BCUT2D eigenvalue weighted by molar-refractivity contribution is -0.111. The Morgan fingerprint density at radius 2 is 1.88 bits per heavy atom. The summed E-state index contributed by atoms with van der Waals surface area (Å²) >= 11 is 0. The molecule has 6 nitrogen and oxygen atoms in total. The highest BCUT2D eigenvalue weighted by Crippen LogP contribution is 2.25. The van der Waals surface area contributed by atoms with E-state index in [1.54, 1.807) is 36.4 Å². The van der Waals surface area contributed by atoms with Crippen molar-refractivity contribution in [3.05, 3.63) is 60.7 Å². The lowest BCUT2D eigenvalue weighted by Gasteiger charge is -2.12. The predicted octanol–water partition coefficient (Wildman–Crippen LogP) is 3.08. The smallest absolute Gasteiger partial charge is 0.257 e. The van der Waals surface area contributed by atoms with Crippen molar-refractivity contribution in [1.82, 2.24) is 0 Å². The van der Waals surface area contributed by atoms with Gasteiger partial charge >= 0.3 is 0 Å². The molecule has 0 fully saturated rings. The van der Waals surface area contributed by atoms with Crippen molar-refractivity contribution in [2.24, 2.45) is 0 Å². The van der Waals surface area contributed by atoms with Crippen molar-refractivity contribution in [3.63, 3.8) is 0 Å². The highest BCUT2D eigenvalue weighted by atomic mass is 35.5. The van der Waals surface area contributed by atoms with Gasteiger partial charge in [0.1, 0.15) is 5.75 Å². The summed E-state index contributed by atoms with van der Waals surface area (Å²) in [6.45, 7) is 3.37. The van der Waals surface area contributed by atoms with Crippen LogP contribution in [0.2, 0.25) is 0 Å². The number of ether oxygens (including phenoxy) is 1. The molecule has 2 aromatic carbocycles. The molecule has 0 heterocycles. The Bertz CT molecular complexity index is 762. The van der Waals surface area contributed by atoms with E-state index in [-0.39, 0.29) is 29.9 Å². The van der Waals surface area contributed by atoms with Crippen LogP contribution in [-0.2, 0) is 4.79 Å². The molecule has 0 radical (unpaired) electrons. The minimum Gasteiger partial charge on any atom is -0.495 e. The lowest BCUT2D eigenvalue weighted by Crippen LogP contribution is -2.15. The minimum atomic E-state index is -0.367. The Morgan fingerprint density at radius 3 is 2.50 bits per heavy atom. The maximum atomic E-state index is 12.3. The number of nitrogen functional groups attached to an aromatic ring is 1. The van der Waals surface area contributed by atoms with Crippen LogP contribution >= 0.6 is 12.4 Å². The zero-order chi connectivity index (χ0) is 16.8. The number of carbonyl (C=O) groups excluding carboxylic acids is 2. The molecule has 0 aliphatic heterocycles. The number of halogens is 1. The Kier molecular flexibility index (Phi) is 6.82. The first-order chi connectivity index (χ1) is 11.0. The van der Waals surface area contributed by atoms with E-state index in [9.17, 15) is 9.59 Å². The van der Waals surface area contributed by atoms with Crippen LogP contribution in [-0.4, -0.2) is 18.9 Å². The van der Waals surface area contributed by atoms with Crippen LogP contribution in [0.4, 0.5) is 17.1 Å². The second-order valence-electron chi connectivity index (χ2n) is 4.65.